The van der Waals surface area contributed by atoms with Gasteiger partial charge in [0.1, 0.15) is 0 Å². The summed E-state index contributed by atoms with van der Waals surface area (Å²) in [5, 5.41) is 2.64. The SMILES string of the molecule is CNC(=O)CCC(C)(C)OCCC(C)(C)OCS(C)(C)C. The van der Waals surface area contributed by atoms with Crippen LogP contribution in [0.1, 0.15) is 47.0 Å². The van der Waals surface area contributed by atoms with Crippen LogP contribution in [-0.4, -0.2) is 55.5 Å². The lowest BCUT2D eigenvalue weighted by molar-refractivity contribution is -0.122. The Morgan fingerprint density at radius 2 is 1.52 bits per heavy atom. The second-order valence-corrected chi connectivity index (χ2v) is 12.1. The maximum absolute atomic E-state index is 11.3. The highest BCUT2D eigenvalue weighted by molar-refractivity contribution is 8.32. The predicted octanol–water partition coefficient (Wildman–Crippen LogP) is 3.14. The quantitative estimate of drug-likeness (QED) is 0.672. The molecule has 0 aliphatic carbocycles. The van der Waals surface area contributed by atoms with E-state index in [1.807, 2.05) is 13.8 Å². The zero-order chi connectivity index (χ0) is 16.7. The van der Waals surface area contributed by atoms with E-state index in [9.17, 15) is 4.79 Å². The van der Waals surface area contributed by atoms with Gasteiger partial charge in [0.25, 0.3) is 0 Å². The monoisotopic (exact) mass is 321 g/mol. The highest BCUT2D eigenvalue weighted by Gasteiger charge is 2.24. The molecule has 0 aliphatic heterocycles. The average molecular weight is 322 g/mol. The smallest absolute Gasteiger partial charge is 0.219 e. The highest BCUT2D eigenvalue weighted by atomic mass is 32.3. The van der Waals surface area contributed by atoms with E-state index >= 15 is 0 Å². The van der Waals surface area contributed by atoms with E-state index in [4.69, 9.17) is 9.47 Å². The van der Waals surface area contributed by atoms with Gasteiger partial charge in [0.15, 0.2) is 0 Å². The number of hydrogen-bond acceptors (Lipinski definition) is 3. The van der Waals surface area contributed by atoms with Crippen LogP contribution in [0, 0.1) is 0 Å². The molecule has 0 aliphatic rings. The lowest BCUT2D eigenvalue weighted by atomic mass is 10.0. The van der Waals surface area contributed by atoms with Crippen molar-refractivity contribution in [2.75, 3.05) is 38.4 Å². The van der Waals surface area contributed by atoms with Gasteiger partial charge >= 0.3 is 0 Å². The number of carbonyl (C=O) groups is 1. The van der Waals surface area contributed by atoms with Crippen molar-refractivity contribution in [2.45, 2.75) is 58.2 Å². The van der Waals surface area contributed by atoms with Crippen LogP contribution in [0.25, 0.3) is 0 Å². The molecule has 0 rings (SSSR count). The molecule has 0 bridgehead atoms. The molecule has 0 fully saturated rings. The normalized spacial score (nSPS) is 14.1. The van der Waals surface area contributed by atoms with Crippen molar-refractivity contribution in [1.29, 1.82) is 0 Å². The molecular weight excluding hydrogens is 286 g/mol. The molecule has 1 N–H and O–H groups in total. The maximum atomic E-state index is 11.3. The first-order valence-electron chi connectivity index (χ1n) is 7.51. The third-order valence-electron chi connectivity index (χ3n) is 3.23. The summed E-state index contributed by atoms with van der Waals surface area (Å²) in [6.07, 6.45) is 8.83. The summed E-state index contributed by atoms with van der Waals surface area (Å²) in [7, 11) is 1.02. The summed E-state index contributed by atoms with van der Waals surface area (Å²) in [5.41, 5.74) is -0.449. The second kappa shape index (κ2) is 8.39. The molecule has 0 atom stereocenters. The molecule has 21 heavy (non-hydrogen) atoms. The maximum Gasteiger partial charge on any atom is 0.219 e. The van der Waals surface area contributed by atoms with Crippen molar-refractivity contribution < 1.29 is 14.3 Å². The Morgan fingerprint density at radius 3 is 2.00 bits per heavy atom. The van der Waals surface area contributed by atoms with Gasteiger partial charge in [-0.05, 0) is 59.3 Å². The zero-order valence-corrected chi connectivity index (χ0v) is 16.0. The molecule has 4 nitrogen and oxygen atoms in total. The molecule has 0 spiro atoms. The molecular formula is C16H35NO3S. The number of ether oxygens (including phenoxy) is 2. The number of amides is 1. The van der Waals surface area contributed by atoms with Crippen LogP contribution in [-0.2, 0) is 14.3 Å². The molecule has 0 heterocycles. The molecule has 5 heteroatoms. The highest BCUT2D eigenvalue weighted by Crippen LogP contribution is 2.36. The fraction of sp³-hybridized carbons (Fsp3) is 0.938. The van der Waals surface area contributed by atoms with Gasteiger partial charge in [-0.2, -0.15) is 0 Å². The van der Waals surface area contributed by atoms with Crippen molar-refractivity contribution >= 4 is 15.9 Å². The third-order valence-corrected chi connectivity index (χ3v) is 4.06. The molecule has 1 amide bonds. The molecule has 128 valence electrons. The molecule has 0 aromatic carbocycles. The first kappa shape index (κ1) is 20.7. The lowest BCUT2D eigenvalue weighted by Gasteiger charge is -2.34. The van der Waals surface area contributed by atoms with E-state index in [1.54, 1.807) is 7.05 Å². The van der Waals surface area contributed by atoms with Gasteiger partial charge in [0.05, 0.1) is 23.7 Å². The van der Waals surface area contributed by atoms with Crippen molar-refractivity contribution in [1.82, 2.24) is 5.32 Å². The van der Waals surface area contributed by atoms with E-state index in [-0.39, 0.29) is 17.1 Å². The van der Waals surface area contributed by atoms with E-state index in [1.165, 1.54) is 0 Å². The lowest BCUT2D eigenvalue weighted by Crippen LogP contribution is -2.32. The van der Waals surface area contributed by atoms with Crippen LogP contribution in [0.3, 0.4) is 0 Å². The Labute approximate surface area is 132 Å². The van der Waals surface area contributed by atoms with Crippen LogP contribution in [0.4, 0.5) is 0 Å². The summed E-state index contributed by atoms with van der Waals surface area (Å²) in [6, 6.07) is 0. The zero-order valence-electron chi connectivity index (χ0n) is 15.2. The van der Waals surface area contributed by atoms with Crippen LogP contribution < -0.4 is 5.32 Å². The van der Waals surface area contributed by atoms with Crippen LogP contribution in [0.2, 0.25) is 0 Å². The summed E-state index contributed by atoms with van der Waals surface area (Å²) in [4.78, 5) is 11.3. The van der Waals surface area contributed by atoms with Gasteiger partial charge in [0.2, 0.25) is 5.91 Å². The van der Waals surface area contributed by atoms with Gasteiger partial charge in [-0.1, -0.05) is 0 Å². The van der Waals surface area contributed by atoms with Gasteiger partial charge in [0, 0.05) is 13.5 Å². The molecule has 0 radical (unpaired) electrons. The first-order chi connectivity index (χ1) is 9.37. The van der Waals surface area contributed by atoms with E-state index in [2.05, 4.69) is 37.9 Å². The number of nitrogens with one attached hydrogen (secondary N) is 1. The summed E-state index contributed by atoms with van der Waals surface area (Å²) in [5.74, 6) is 0.878. The Balaban J connectivity index is 4.07. The van der Waals surface area contributed by atoms with Gasteiger partial charge in [-0.15, -0.1) is 0 Å². The van der Waals surface area contributed by atoms with Crippen molar-refractivity contribution in [3.05, 3.63) is 0 Å². The minimum atomic E-state index is -0.639. The van der Waals surface area contributed by atoms with Gasteiger partial charge in [-0.3, -0.25) is 4.79 Å². The average Bonchev–Trinajstić information content (AvgIpc) is 2.32. The minimum Gasteiger partial charge on any atom is -0.375 e. The molecule has 0 aromatic rings. The fourth-order valence-electron chi connectivity index (χ4n) is 1.59. The number of rotatable bonds is 10. The number of carbonyl (C=O) groups excluding carboxylic acids is 1. The third kappa shape index (κ3) is 12.0. The topological polar surface area (TPSA) is 47.6 Å². The van der Waals surface area contributed by atoms with Crippen molar-refractivity contribution in [3.8, 4) is 0 Å². The molecule has 0 saturated carbocycles. The predicted molar refractivity (Wildman–Crippen MR) is 93.3 cm³/mol. The largest absolute Gasteiger partial charge is 0.375 e. The van der Waals surface area contributed by atoms with Gasteiger partial charge < -0.3 is 14.8 Å². The Kier molecular flexibility index (Phi) is 8.29. The summed E-state index contributed by atoms with van der Waals surface area (Å²) in [6.45, 7) is 8.93. The van der Waals surface area contributed by atoms with E-state index in [0.29, 0.717) is 13.0 Å². The molecule has 0 saturated heterocycles. The minimum absolute atomic E-state index is 0.0588. The molecule has 0 unspecified atom stereocenters. The summed E-state index contributed by atoms with van der Waals surface area (Å²) >= 11 is 0. The number of hydrogen-bond donors (Lipinski definition) is 1. The Bertz CT molecular complexity index is 322. The van der Waals surface area contributed by atoms with E-state index in [0.717, 1.165) is 18.8 Å². The Hall–Kier alpha value is -0.260. The van der Waals surface area contributed by atoms with Crippen LogP contribution in [0.15, 0.2) is 0 Å². The first-order valence-corrected chi connectivity index (χ1v) is 10.5. The van der Waals surface area contributed by atoms with Gasteiger partial charge in [-0.25, -0.2) is 10.0 Å². The van der Waals surface area contributed by atoms with E-state index < -0.39 is 10.0 Å². The molecule has 0 aromatic heterocycles. The second-order valence-electron chi connectivity index (χ2n) is 7.64. The van der Waals surface area contributed by atoms with Crippen LogP contribution in [0.5, 0.6) is 0 Å². The van der Waals surface area contributed by atoms with Crippen molar-refractivity contribution in [2.24, 2.45) is 0 Å². The fourth-order valence-corrected chi connectivity index (χ4v) is 2.27. The van der Waals surface area contributed by atoms with Crippen molar-refractivity contribution in [3.63, 3.8) is 0 Å². The Morgan fingerprint density at radius 1 is 1.00 bits per heavy atom. The summed E-state index contributed by atoms with van der Waals surface area (Å²) < 4.78 is 12.0. The van der Waals surface area contributed by atoms with Crippen LogP contribution >= 0.6 is 10.0 Å². The standard InChI is InChI=1S/C16H35NO3S/c1-15(2,10-9-14(18)17-5)19-12-11-16(3,4)20-13-21(6,7)8/h9-13H2,1-8H3,(H,17,18).